The molecule has 2 fully saturated rings. The number of anilines is 4. The molecule has 17 N–H and O–H groups in total. The van der Waals surface area contributed by atoms with E-state index in [0.717, 1.165) is 38.5 Å². The van der Waals surface area contributed by atoms with E-state index in [-0.39, 0.29) is 166 Å². The first-order chi connectivity index (χ1) is 65.9. The van der Waals surface area contributed by atoms with Crippen molar-refractivity contribution in [3.8, 4) is 68.6 Å². The van der Waals surface area contributed by atoms with Crippen molar-refractivity contribution in [2.24, 2.45) is 16.0 Å². The fraction of sp³-hybridized carbons (Fsp3) is 0.325. The predicted molar refractivity (Wildman–Crippen MR) is 500 cm³/mol. The quantitative estimate of drug-likeness (QED) is 0.00256. The van der Waals surface area contributed by atoms with Gasteiger partial charge in [0.25, 0.3) is 11.8 Å². The van der Waals surface area contributed by atoms with E-state index < -0.39 is 164 Å². The zero-order chi connectivity index (χ0) is 102. The molecule has 736 valence electrons. The second-order valence-corrected chi connectivity index (χ2v) is 40.1. The number of nitrogen functional groups attached to an aromatic ring is 4. The molecule has 2 aromatic heterocycles. The Morgan fingerprint density at radius 1 is 0.561 bits per heavy atom. The molecule has 6 aromatic rings. The molecule has 0 bridgehead atoms. The van der Waals surface area contributed by atoms with E-state index in [1.54, 1.807) is 0 Å². The van der Waals surface area contributed by atoms with Crippen LogP contribution < -0.4 is 72.2 Å². The Balaban J connectivity index is 0.000000242. The van der Waals surface area contributed by atoms with Crippen molar-refractivity contribution in [2.75, 3.05) is 93.3 Å². The molecule has 6 heterocycles. The number of esters is 2. The van der Waals surface area contributed by atoms with Crippen LogP contribution in [0.25, 0.3) is 87.7 Å². The van der Waals surface area contributed by atoms with Crippen molar-refractivity contribution >= 4 is 164 Å². The highest BCUT2D eigenvalue weighted by molar-refractivity contribution is 8.77. The highest BCUT2D eigenvalue weighted by Crippen LogP contribution is 2.49. The number of hydrogen-bond donors (Lipinski definition) is 10. The van der Waals surface area contributed by atoms with Crippen LogP contribution in [0.3, 0.4) is 0 Å². The third-order valence-corrected chi connectivity index (χ3v) is 29.1. The fourth-order valence-corrected chi connectivity index (χ4v) is 21.2. The smallest absolute Gasteiger partial charge is 0.351 e. The van der Waals surface area contributed by atoms with Gasteiger partial charge in [0.15, 0.2) is 32.5 Å². The molecule has 0 radical (unpaired) electrons. The molecular weight excluding hydrogens is 1980 g/mol. The summed E-state index contributed by atoms with van der Waals surface area (Å²) < 4.78 is 195. The van der Waals surface area contributed by atoms with Crippen LogP contribution in [0.5, 0.6) is 0 Å². The second-order valence-electron chi connectivity index (χ2n) is 29.4. The summed E-state index contributed by atoms with van der Waals surface area (Å²) in [5.74, 6) is 7.50. The van der Waals surface area contributed by atoms with Gasteiger partial charge in [0.05, 0.1) is 85.2 Å². The van der Waals surface area contributed by atoms with Crippen LogP contribution in [0.4, 0.5) is 23.0 Å². The van der Waals surface area contributed by atoms with Crippen LogP contribution in [0.1, 0.15) is 130 Å². The zero-order valence-electron chi connectivity index (χ0n) is 73.4. The van der Waals surface area contributed by atoms with Crippen molar-refractivity contribution in [3.05, 3.63) is 183 Å². The average molecular weight is 2070 g/mol. The van der Waals surface area contributed by atoms with Gasteiger partial charge >= 0.3 is 29.3 Å². The van der Waals surface area contributed by atoms with E-state index in [1.807, 2.05) is 13.8 Å². The first kappa shape index (κ1) is 108. The summed E-state index contributed by atoms with van der Waals surface area (Å²) in [6.07, 6.45) is 3.14. The number of carboxylic acids is 1. The number of ketones is 1. The summed E-state index contributed by atoms with van der Waals surface area (Å²) in [7, 11) is -13.9. The number of methoxy groups -OCH3 is 2. The van der Waals surface area contributed by atoms with E-state index in [4.69, 9.17) is 92.9 Å². The van der Waals surface area contributed by atoms with Crippen molar-refractivity contribution in [2.45, 2.75) is 122 Å². The SMILES string of the molecule is CCC1OC(n2cc(C#CCCC(=O)CCSSCCNC(=O)c3ccc(-c4c5ccc(=[NH2+])c(S(=O)(=O)[O-])c-5oc5c(S(=O)(=O)[O-])c(N)ccc45)c(C(=O)OC)c3)c(N)nc2=O)CC1OCN=[N+]=[N-].CCC1OC(n2cc(C#CCN)c(N)nc2=O)CC1OCN=[N+]=[N-].COC(=O)c1cc(C(=O)NCCSSCCC(=O)O)ccc1-c1c2ccc(=[NH2+])c(S(=O)(=O)[O-])c-2oc2c(S(=O)(=O)[O-])c(N)ccc12. The molecule has 4 aliphatic heterocycles. The van der Waals surface area contributed by atoms with E-state index >= 15 is 0 Å². The predicted octanol–water partition coefficient (Wildman–Crippen LogP) is 3.55. The maximum atomic E-state index is 13.3. The number of aromatic nitrogens is 4. The molecular formula is C83H85N19O29S8-2. The monoisotopic (exact) mass is 2070 g/mol. The normalized spacial score (nSPS) is 15.7. The molecule has 56 heteroatoms. The Kier molecular flexibility index (Phi) is 37.2. The minimum Gasteiger partial charge on any atom is -0.744 e. The number of fused-ring (bicyclic) bond motifs is 4. The number of nitrogens with one attached hydrogen (secondary N) is 2. The topological polar surface area (TPSA) is 806 Å². The van der Waals surface area contributed by atoms with Gasteiger partial charge in [-0.2, -0.15) is 9.97 Å². The first-order valence-corrected chi connectivity index (χ1v) is 51.5. The fourth-order valence-electron chi connectivity index (χ4n) is 14.4. The van der Waals surface area contributed by atoms with Crippen LogP contribution in [0, 0.1) is 23.7 Å². The van der Waals surface area contributed by atoms with Gasteiger partial charge in [-0.25, -0.2) is 52.8 Å². The summed E-state index contributed by atoms with van der Waals surface area (Å²) in [6.45, 7) is 4.13. The van der Waals surface area contributed by atoms with Gasteiger partial charge in [-0.3, -0.25) is 39.1 Å². The summed E-state index contributed by atoms with van der Waals surface area (Å²) >= 11 is 0. The number of ether oxygens (including phenoxy) is 6. The Morgan fingerprint density at radius 2 is 0.950 bits per heavy atom. The van der Waals surface area contributed by atoms with Crippen molar-refractivity contribution in [3.63, 3.8) is 0 Å². The molecule has 6 aliphatic rings. The highest BCUT2D eigenvalue weighted by atomic mass is 33.1. The van der Waals surface area contributed by atoms with Crippen molar-refractivity contribution < 1.29 is 134 Å². The summed E-state index contributed by atoms with van der Waals surface area (Å²) in [5, 5.41) is 31.2. The van der Waals surface area contributed by atoms with Crippen LogP contribution in [0.15, 0.2) is 146 Å². The Bertz CT molecular complexity index is 7400. The Morgan fingerprint density at radius 3 is 1.32 bits per heavy atom. The van der Waals surface area contributed by atoms with E-state index in [9.17, 15) is 90.2 Å². The number of aliphatic carboxylic acids is 1. The molecule has 139 heavy (non-hydrogen) atoms. The van der Waals surface area contributed by atoms with Gasteiger partial charge in [-0.15, -0.1) is 0 Å². The number of carboxylic acid groups (broad SMARTS) is 1. The maximum absolute atomic E-state index is 13.3. The number of hydrogen-bond acceptors (Lipinski definition) is 41. The van der Waals surface area contributed by atoms with E-state index in [1.165, 1.54) is 125 Å². The largest absolute Gasteiger partial charge is 0.744 e. The molecule has 6 unspecified atom stereocenters. The molecule has 6 atom stereocenters. The lowest BCUT2D eigenvalue weighted by Crippen LogP contribution is -2.47. The molecule has 2 amide bonds. The lowest BCUT2D eigenvalue weighted by molar-refractivity contribution is -0.177. The number of rotatable bonds is 36. The summed E-state index contributed by atoms with van der Waals surface area (Å²) in [6, 6.07) is 17.1. The van der Waals surface area contributed by atoms with Crippen LogP contribution >= 0.6 is 43.2 Å². The molecule has 0 spiro atoms. The minimum absolute atomic E-state index is 0.00371. The number of Topliss-reactive ketones (excluding diaryl/α,β-unsaturated/α-hetero) is 1. The van der Waals surface area contributed by atoms with Gasteiger partial charge in [0, 0.05) is 147 Å². The number of carbonyl (C=O) groups is 6. The first-order valence-electron chi connectivity index (χ1n) is 40.8. The molecule has 2 saturated heterocycles. The highest BCUT2D eigenvalue weighted by Gasteiger charge is 2.40. The van der Waals surface area contributed by atoms with Gasteiger partial charge in [-0.1, -0.05) is 103 Å². The minimum atomic E-state index is -5.40. The molecule has 2 aliphatic carbocycles. The van der Waals surface area contributed by atoms with Gasteiger partial charge < -0.3 is 99.9 Å². The number of nitrogens with two attached hydrogens (primary N) is 7. The lowest BCUT2D eigenvalue weighted by Gasteiger charge is -2.22. The zero-order valence-corrected chi connectivity index (χ0v) is 79.9. The van der Waals surface area contributed by atoms with E-state index in [2.05, 4.69) is 64.3 Å². The Hall–Kier alpha value is -13.2. The van der Waals surface area contributed by atoms with Gasteiger partial charge in [0.1, 0.15) is 93.6 Å². The van der Waals surface area contributed by atoms with Gasteiger partial charge in [-0.05, 0) is 95.7 Å². The van der Waals surface area contributed by atoms with Crippen molar-refractivity contribution in [1.82, 2.24) is 29.7 Å². The molecule has 4 aromatic carbocycles. The lowest BCUT2D eigenvalue weighted by atomic mass is 9.89. The summed E-state index contributed by atoms with van der Waals surface area (Å²) in [5.41, 5.74) is 41.7. The number of nitrogens with zero attached hydrogens (tertiary/aromatic N) is 10. The second kappa shape index (κ2) is 47.9. The number of azide groups is 2. The van der Waals surface area contributed by atoms with Crippen molar-refractivity contribution in [1.29, 1.82) is 0 Å². The standard InChI is InChI=1S/C42H43N9O14S4.C27H25N3O12S4.C14H19N7O3/c1-3-31-32(63-21-48-50-46)19-33(64-31)51-20-23(39(45)49-42(51)55)6-4-5-7-24(52)14-16-66-67-17-15-47-40(53)22-8-9-25(28(18-22)41(54)62-2)34-26-10-12-29(43)37(68(56,57)58)35(26)65-36-27(34)11-13-30(44)38(36)69(59,60)61;1-41-27(34)17-12-13(26(33)30-9-11-44-43-10-8-20(31)32)2-3-14(17)21-15-4-6-18(28)24(45(35,36)37)22(15)42-23-16(21)5-7-19(29)25(23)46(38,39)40;1-2-10-11(23-8-18-20-17)6-12(24-10)21-7-9(4-3-5-15)13(16)19-14(21)22/h8-13,18,20,31-33,43H,3,5,7,14-17,19,21,44H2,1-2H3,(H,47,53)(H2,45,49,55)(H,56,57,58)(H,59,60,61);2-7,12,28H,8-11,29H2,1H3,(H,30,33)(H,31,32)(H,35,36,37)(H,38,39,40);7,10-12H,2,5-6,8,15H2,1H3,(H2,16,19,22)/p-2. The molecule has 12 rings (SSSR count). The average Bonchev–Trinajstić information content (AvgIpc) is 1.18. The number of amides is 2. The van der Waals surface area contributed by atoms with Crippen LogP contribution in [0.2, 0.25) is 0 Å². The molecule has 48 nitrogen and oxygen atoms in total. The number of benzene rings is 6. The summed E-state index contributed by atoms with van der Waals surface area (Å²) in [4.78, 5) is 109. The van der Waals surface area contributed by atoms with Crippen LogP contribution in [-0.2, 0) is 78.5 Å². The maximum Gasteiger partial charge on any atom is 0.351 e. The van der Waals surface area contributed by atoms with E-state index in [0.29, 0.717) is 54.3 Å². The molecule has 0 saturated carbocycles. The Labute approximate surface area is 805 Å². The number of carbonyl (C=O) groups excluding carboxylic acids is 5. The third-order valence-electron chi connectivity index (χ3n) is 20.6. The van der Waals surface area contributed by atoms with Crippen LogP contribution in [-0.4, -0.2) is 206 Å². The third kappa shape index (κ3) is 26.6. The van der Waals surface area contributed by atoms with Gasteiger partial charge in [0.2, 0.25) is 10.7 Å².